The molecule has 0 radical (unpaired) electrons. The fourth-order valence-corrected chi connectivity index (χ4v) is 8.43. The van der Waals surface area contributed by atoms with Gasteiger partial charge in [-0.2, -0.15) is 132 Å². The summed E-state index contributed by atoms with van der Waals surface area (Å²) in [7, 11) is 0. The number of ketones is 1. The Bertz CT molecular complexity index is 2840. The normalized spacial score (nSPS) is 13.2. The van der Waals surface area contributed by atoms with Gasteiger partial charge < -0.3 is 0 Å². The summed E-state index contributed by atoms with van der Waals surface area (Å²) in [4.78, 5) is 12.4. The number of Topliss-reactive ketones (excluding diaryl/α,β-unsaturated/α-hetero) is 1. The maximum absolute atomic E-state index is 14.2. The third-order valence-corrected chi connectivity index (χ3v) is 11.9. The second-order valence-corrected chi connectivity index (χ2v) is 17.1. The summed E-state index contributed by atoms with van der Waals surface area (Å²) in [6.45, 7) is 0.342. The fourth-order valence-electron chi connectivity index (χ4n) is 8.43. The molecule has 1 aromatic heterocycles. The molecule has 2 nitrogen and oxygen atoms in total. The van der Waals surface area contributed by atoms with Crippen LogP contribution in [0.25, 0.3) is 11.3 Å². The average Bonchev–Trinajstić information content (AvgIpc) is 3.36. The molecule has 0 saturated carbocycles. The number of pyridine rings is 1. The van der Waals surface area contributed by atoms with Gasteiger partial charge in [0.25, 0.3) is 0 Å². The van der Waals surface area contributed by atoms with Crippen LogP contribution in [0.3, 0.4) is 0 Å². The molecule has 0 spiro atoms. The van der Waals surface area contributed by atoms with E-state index >= 15 is 0 Å². The van der Waals surface area contributed by atoms with E-state index in [1.54, 1.807) is 0 Å². The summed E-state index contributed by atoms with van der Waals surface area (Å²) in [6.07, 6.45) is -52.9. The summed E-state index contributed by atoms with van der Waals surface area (Å²) in [5, 5.41) is 0. The van der Waals surface area contributed by atoms with Gasteiger partial charge in [-0.1, -0.05) is 97.1 Å². The van der Waals surface area contributed by atoms with E-state index in [0.29, 0.717) is 6.54 Å². The molecule has 0 bridgehead atoms. The van der Waals surface area contributed by atoms with Crippen molar-refractivity contribution in [2.45, 2.75) is 56.0 Å². The quantitative estimate of drug-likeness (QED) is 0.0643. The summed E-state index contributed by atoms with van der Waals surface area (Å²) >= 11 is 0. The van der Waals surface area contributed by atoms with Crippen molar-refractivity contribution in [3.63, 3.8) is 0 Å². The molecule has 0 atom stereocenters. The zero-order valence-electron chi connectivity index (χ0n) is 38.2. The highest BCUT2D eigenvalue weighted by molar-refractivity contribution is 7.20. The van der Waals surface area contributed by atoms with E-state index in [1.807, 2.05) is 77.5 Å². The highest BCUT2D eigenvalue weighted by Crippen LogP contribution is 2.41. The van der Waals surface area contributed by atoms with Crippen LogP contribution in [0.1, 0.15) is 54.9 Å². The number of nitrogens with zero attached hydrogens (tertiary/aromatic N) is 1. The van der Waals surface area contributed by atoms with E-state index < -0.39 is 195 Å². The van der Waals surface area contributed by atoms with E-state index in [0.717, 1.165) is 16.8 Å². The Morgan fingerprint density at radius 2 is 0.564 bits per heavy atom. The van der Waals surface area contributed by atoms with E-state index in [9.17, 15) is 110 Å². The molecule has 0 aliphatic carbocycles. The number of aromatic nitrogens is 1. The highest BCUT2D eigenvalue weighted by Gasteiger charge is 2.47. The molecule has 78 heavy (non-hydrogen) atoms. The molecule has 0 saturated heterocycles. The van der Waals surface area contributed by atoms with E-state index in [2.05, 4.69) is 12.1 Å². The van der Waals surface area contributed by atoms with Gasteiger partial charge in [-0.05, 0) is 42.5 Å². The Hall–Kier alpha value is -7.48. The molecular formula is C51H28BF24NO. The minimum absolute atomic E-state index is 0.115. The SMILES string of the molecule is FC(F)(F)c1cc([B-](c2cc(C(F)(F)F)cc(C(F)(F)F)c2)(c2cc(C(F)(F)F)cc(C(F)(F)F)c2)c2cc(C(F)(F)F)cc(C(F)(F)F)c2)cc(C(F)(F)F)c1.O=C(C[n+]1ccccc1-c1ccccc1)c1ccccc1. The number of alkyl halides is 24. The van der Waals surface area contributed by atoms with Crippen LogP contribution >= 0.6 is 0 Å². The van der Waals surface area contributed by atoms with Gasteiger partial charge in [-0.15, -0.1) is 0 Å². The van der Waals surface area contributed by atoms with Crippen LogP contribution in [0, 0.1) is 0 Å². The topological polar surface area (TPSA) is 20.9 Å². The molecule has 1 heterocycles. The zero-order valence-corrected chi connectivity index (χ0v) is 38.2. The average molecular weight is 1140 g/mol. The summed E-state index contributed by atoms with van der Waals surface area (Å²) in [5.74, 6) is 0.115. The molecule has 0 aliphatic heterocycles. The van der Waals surface area contributed by atoms with E-state index in [1.165, 1.54) is 0 Å². The molecular weight excluding hydrogens is 1110 g/mol. The van der Waals surface area contributed by atoms with E-state index in [4.69, 9.17) is 0 Å². The Morgan fingerprint density at radius 1 is 0.321 bits per heavy atom. The molecule has 0 amide bonds. The van der Waals surface area contributed by atoms with Crippen molar-refractivity contribution in [3.8, 4) is 11.3 Å². The van der Waals surface area contributed by atoms with Crippen molar-refractivity contribution in [2.75, 3.05) is 0 Å². The van der Waals surface area contributed by atoms with Crippen molar-refractivity contribution in [1.82, 2.24) is 0 Å². The number of rotatable bonds is 8. The van der Waals surface area contributed by atoms with Crippen molar-refractivity contribution in [3.05, 3.63) is 208 Å². The standard InChI is InChI=1S/C32H12BF24.C19H16NO/c34-25(35,36)13-1-14(26(37,38)39)6-21(5-13)33(22-7-15(27(40,41)42)2-16(8-22)28(43,44)45,23-9-17(29(46,47)48)3-18(10-23)30(49,50)51)24-11-19(31(52,53)54)4-20(12-24)32(55,56)57;21-19(17-11-5-2-6-12-17)15-20-14-8-7-13-18(20)16-9-3-1-4-10-16/h1-12H;1-14H,15H2/q-1;+1. The van der Waals surface area contributed by atoms with Gasteiger partial charge in [0.1, 0.15) is 6.15 Å². The molecule has 414 valence electrons. The summed E-state index contributed by atoms with van der Waals surface area (Å²) in [5.41, 5.74) is -27.3. The lowest BCUT2D eigenvalue weighted by molar-refractivity contribution is -0.672. The Balaban J connectivity index is 0.000000387. The number of hydrogen-bond donors (Lipinski definition) is 0. The fraction of sp³-hybridized carbons (Fsp3) is 0.176. The Kier molecular flexibility index (Phi) is 16.1. The van der Waals surface area contributed by atoms with Crippen molar-refractivity contribution in [1.29, 1.82) is 0 Å². The third kappa shape index (κ3) is 13.6. The van der Waals surface area contributed by atoms with Crippen LogP contribution in [0.2, 0.25) is 0 Å². The molecule has 7 rings (SSSR count). The highest BCUT2D eigenvalue weighted by atomic mass is 19.4. The molecule has 0 unspecified atom stereocenters. The van der Waals surface area contributed by atoms with Gasteiger partial charge in [-0.3, -0.25) is 4.79 Å². The van der Waals surface area contributed by atoms with Crippen LogP contribution in [0.4, 0.5) is 105 Å². The first-order chi connectivity index (χ1) is 35.6. The first-order valence-corrected chi connectivity index (χ1v) is 21.6. The van der Waals surface area contributed by atoms with Crippen LogP contribution in [-0.2, 0) is 56.0 Å². The maximum atomic E-state index is 14.2. The molecule has 7 aromatic rings. The van der Waals surface area contributed by atoms with Gasteiger partial charge in [-0.25, -0.2) is 0 Å². The van der Waals surface area contributed by atoms with Crippen molar-refractivity contribution < 1.29 is 115 Å². The zero-order chi connectivity index (χ0) is 58.4. The predicted molar refractivity (Wildman–Crippen MR) is 233 cm³/mol. The van der Waals surface area contributed by atoms with Gasteiger partial charge in [0.15, 0.2) is 6.20 Å². The van der Waals surface area contributed by atoms with Gasteiger partial charge >= 0.3 is 49.4 Å². The monoisotopic (exact) mass is 1140 g/mol. The lowest BCUT2D eigenvalue weighted by Gasteiger charge is -2.46. The largest absolute Gasteiger partial charge is 0.416 e. The second-order valence-electron chi connectivity index (χ2n) is 17.1. The van der Waals surface area contributed by atoms with Crippen molar-refractivity contribution in [2.24, 2.45) is 0 Å². The third-order valence-electron chi connectivity index (χ3n) is 11.9. The maximum Gasteiger partial charge on any atom is 0.416 e. The number of carbonyl (C=O) groups excluding carboxylic acids is 1. The van der Waals surface area contributed by atoms with E-state index in [-0.39, 0.29) is 5.78 Å². The van der Waals surface area contributed by atoms with Gasteiger partial charge in [0, 0.05) is 23.3 Å². The summed E-state index contributed by atoms with van der Waals surface area (Å²) < 4.78 is 343. The molecule has 0 fully saturated rings. The lowest BCUT2D eigenvalue weighted by Crippen LogP contribution is -2.75. The van der Waals surface area contributed by atoms with Gasteiger partial charge in [0.2, 0.25) is 18.0 Å². The number of hydrogen-bond acceptors (Lipinski definition) is 1. The number of halogens is 24. The van der Waals surface area contributed by atoms with Crippen LogP contribution < -0.4 is 26.4 Å². The minimum Gasteiger partial charge on any atom is -0.287 e. The molecule has 0 aliphatic rings. The van der Waals surface area contributed by atoms with Gasteiger partial charge in [0.05, 0.1) is 44.5 Å². The summed E-state index contributed by atoms with van der Waals surface area (Å²) in [6, 6.07) is 16.7. The second kappa shape index (κ2) is 21.1. The molecule has 27 heteroatoms. The number of benzene rings is 6. The van der Waals surface area contributed by atoms with Crippen molar-refractivity contribution >= 4 is 33.8 Å². The lowest BCUT2D eigenvalue weighted by atomic mass is 9.12. The number of carbonyl (C=O) groups is 1. The Labute approximate surface area is 423 Å². The first-order valence-electron chi connectivity index (χ1n) is 21.6. The molecule has 6 aromatic carbocycles. The van der Waals surface area contributed by atoms with Crippen LogP contribution in [-0.4, -0.2) is 11.9 Å². The Morgan fingerprint density at radius 3 is 0.821 bits per heavy atom. The molecule has 0 N–H and O–H groups in total. The predicted octanol–water partition coefficient (Wildman–Crippen LogP) is 14.7. The smallest absolute Gasteiger partial charge is 0.287 e. The minimum atomic E-state index is -6.13. The van der Waals surface area contributed by atoms with Crippen LogP contribution in [0.15, 0.2) is 158 Å². The van der Waals surface area contributed by atoms with Crippen LogP contribution in [0.5, 0.6) is 0 Å². The first kappa shape index (κ1) is 59.8.